The second kappa shape index (κ2) is 5.92. The third-order valence-electron chi connectivity index (χ3n) is 1.52. The van der Waals surface area contributed by atoms with Crippen molar-refractivity contribution in [1.82, 2.24) is 9.97 Å². The molecule has 0 aliphatic rings. The SMILES string of the molecule is C=C(/C=C(Cl)\C=C/C)Oc1cnc(=O)[nH]c1. The molecule has 0 aromatic carbocycles. The number of halogens is 1. The first-order valence-corrected chi connectivity index (χ1v) is 4.91. The van der Waals surface area contributed by atoms with Crippen LogP contribution in [0.25, 0.3) is 0 Å². The van der Waals surface area contributed by atoms with Crippen LogP contribution in [0.15, 0.2) is 52.8 Å². The number of hydrogen-bond acceptors (Lipinski definition) is 3. The van der Waals surface area contributed by atoms with E-state index in [1.165, 1.54) is 12.4 Å². The molecule has 0 bridgehead atoms. The summed E-state index contributed by atoms with van der Waals surface area (Å²) >= 11 is 5.83. The summed E-state index contributed by atoms with van der Waals surface area (Å²) in [6.45, 7) is 5.51. The second-order valence-corrected chi connectivity index (χ2v) is 3.29. The summed E-state index contributed by atoms with van der Waals surface area (Å²) < 4.78 is 5.26. The average Bonchev–Trinajstić information content (AvgIpc) is 2.21. The molecule has 0 saturated heterocycles. The zero-order valence-electron chi connectivity index (χ0n) is 8.74. The first-order valence-electron chi connectivity index (χ1n) is 4.53. The highest BCUT2D eigenvalue weighted by molar-refractivity contribution is 6.31. The van der Waals surface area contributed by atoms with Crippen LogP contribution in [0.5, 0.6) is 5.75 Å². The zero-order valence-corrected chi connectivity index (χ0v) is 9.49. The molecule has 0 aliphatic heterocycles. The van der Waals surface area contributed by atoms with E-state index in [0.717, 1.165) is 0 Å². The number of nitrogens with zero attached hydrogens (tertiary/aromatic N) is 1. The van der Waals surface area contributed by atoms with Gasteiger partial charge in [0.2, 0.25) is 0 Å². The maximum atomic E-state index is 10.7. The monoisotopic (exact) mass is 238 g/mol. The Morgan fingerprint density at radius 1 is 1.69 bits per heavy atom. The van der Waals surface area contributed by atoms with Crippen molar-refractivity contribution in [3.63, 3.8) is 0 Å². The number of H-pyrrole nitrogens is 1. The molecule has 0 aliphatic carbocycles. The van der Waals surface area contributed by atoms with Crippen LogP contribution in [0, 0.1) is 0 Å². The number of aromatic nitrogens is 2. The van der Waals surface area contributed by atoms with Crippen molar-refractivity contribution >= 4 is 11.6 Å². The predicted octanol–water partition coefficient (Wildman–Crippen LogP) is 2.36. The van der Waals surface area contributed by atoms with Gasteiger partial charge in [0.25, 0.3) is 0 Å². The van der Waals surface area contributed by atoms with E-state index < -0.39 is 5.69 Å². The molecule has 0 unspecified atom stereocenters. The molecule has 1 aromatic heterocycles. The number of aromatic amines is 1. The molecule has 16 heavy (non-hydrogen) atoms. The number of rotatable bonds is 4. The third kappa shape index (κ3) is 4.14. The van der Waals surface area contributed by atoms with E-state index >= 15 is 0 Å². The lowest BCUT2D eigenvalue weighted by Gasteiger charge is -2.03. The lowest BCUT2D eigenvalue weighted by Crippen LogP contribution is -2.08. The molecular formula is C11H11ClN2O2. The minimum absolute atomic E-state index is 0.358. The maximum Gasteiger partial charge on any atom is 0.345 e. The Hall–Kier alpha value is -1.81. The van der Waals surface area contributed by atoms with E-state index in [4.69, 9.17) is 16.3 Å². The summed E-state index contributed by atoms with van der Waals surface area (Å²) in [6, 6.07) is 0. The standard InChI is InChI=1S/C11H11ClN2O2/c1-3-4-9(12)5-8(2)16-10-6-13-11(15)14-7-10/h3-7H,2H2,1H3,(H,13,14,15)/b4-3-,9-5+. The van der Waals surface area contributed by atoms with Crippen molar-refractivity contribution in [3.8, 4) is 5.75 Å². The Balaban J connectivity index is 2.68. The number of hydrogen-bond donors (Lipinski definition) is 1. The van der Waals surface area contributed by atoms with Gasteiger partial charge in [-0.2, -0.15) is 4.98 Å². The normalized spacial score (nSPS) is 11.8. The number of ether oxygens (including phenoxy) is 1. The van der Waals surface area contributed by atoms with E-state index in [9.17, 15) is 4.79 Å². The van der Waals surface area contributed by atoms with Crippen molar-refractivity contribution in [1.29, 1.82) is 0 Å². The summed E-state index contributed by atoms with van der Waals surface area (Å²) in [4.78, 5) is 16.6. The van der Waals surface area contributed by atoms with E-state index in [-0.39, 0.29) is 0 Å². The van der Waals surface area contributed by atoms with E-state index in [1.807, 2.05) is 6.92 Å². The number of nitrogens with one attached hydrogen (secondary N) is 1. The highest BCUT2D eigenvalue weighted by atomic mass is 35.5. The molecule has 0 spiro atoms. The molecule has 1 aromatic rings. The maximum absolute atomic E-state index is 10.7. The molecule has 4 nitrogen and oxygen atoms in total. The first kappa shape index (κ1) is 12.3. The summed E-state index contributed by atoms with van der Waals surface area (Å²) in [7, 11) is 0. The van der Waals surface area contributed by atoms with Crippen LogP contribution >= 0.6 is 11.6 Å². The van der Waals surface area contributed by atoms with Crippen molar-refractivity contribution < 1.29 is 4.74 Å². The zero-order chi connectivity index (χ0) is 12.0. The van der Waals surface area contributed by atoms with Crippen molar-refractivity contribution in [2.24, 2.45) is 0 Å². The molecule has 0 saturated carbocycles. The smallest absolute Gasteiger partial charge is 0.345 e. The highest BCUT2D eigenvalue weighted by Gasteiger charge is 1.97. The molecule has 5 heteroatoms. The number of allylic oxidation sites excluding steroid dienone is 4. The molecule has 1 N–H and O–H groups in total. The van der Waals surface area contributed by atoms with Crippen LogP contribution in [-0.2, 0) is 0 Å². The fraction of sp³-hybridized carbons (Fsp3) is 0.0909. The van der Waals surface area contributed by atoms with Gasteiger partial charge >= 0.3 is 5.69 Å². The predicted molar refractivity (Wildman–Crippen MR) is 63.4 cm³/mol. The molecule has 0 amide bonds. The molecule has 0 radical (unpaired) electrons. The van der Waals surface area contributed by atoms with Gasteiger partial charge in [-0.15, -0.1) is 0 Å². The fourth-order valence-electron chi connectivity index (χ4n) is 0.927. The van der Waals surface area contributed by atoms with Crippen molar-refractivity contribution in [2.75, 3.05) is 0 Å². The van der Waals surface area contributed by atoms with Gasteiger partial charge < -0.3 is 9.72 Å². The highest BCUT2D eigenvalue weighted by Crippen LogP contribution is 2.12. The van der Waals surface area contributed by atoms with Crippen molar-refractivity contribution in [3.05, 3.63) is 58.5 Å². The third-order valence-corrected chi connectivity index (χ3v) is 1.76. The van der Waals surface area contributed by atoms with Gasteiger partial charge in [-0.25, -0.2) is 4.79 Å². The summed E-state index contributed by atoms with van der Waals surface area (Å²) in [5, 5.41) is 0.505. The average molecular weight is 239 g/mol. The van der Waals surface area contributed by atoms with Crippen LogP contribution in [-0.4, -0.2) is 9.97 Å². The van der Waals surface area contributed by atoms with Gasteiger partial charge in [-0.3, -0.25) is 0 Å². The molecule has 1 heterocycles. The van der Waals surface area contributed by atoms with Crippen LogP contribution in [0.2, 0.25) is 0 Å². The van der Waals surface area contributed by atoms with Crippen LogP contribution in [0.1, 0.15) is 6.92 Å². The van der Waals surface area contributed by atoms with E-state index in [2.05, 4.69) is 16.5 Å². The van der Waals surface area contributed by atoms with Gasteiger partial charge in [0.05, 0.1) is 12.4 Å². The van der Waals surface area contributed by atoms with Gasteiger partial charge in [-0.1, -0.05) is 24.3 Å². The van der Waals surface area contributed by atoms with Crippen LogP contribution < -0.4 is 10.4 Å². The minimum Gasteiger partial charge on any atom is -0.455 e. The minimum atomic E-state index is -0.430. The Bertz CT molecular complexity index is 469. The van der Waals surface area contributed by atoms with E-state index in [1.54, 1.807) is 18.2 Å². The molecular weight excluding hydrogens is 228 g/mol. The lowest BCUT2D eigenvalue weighted by molar-refractivity contribution is 0.441. The summed E-state index contributed by atoms with van der Waals surface area (Å²) in [6.07, 6.45) is 7.78. The van der Waals surface area contributed by atoms with Gasteiger partial charge in [0.15, 0.2) is 5.75 Å². The quantitative estimate of drug-likeness (QED) is 0.647. The Labute approximate surface area is 97.9 Å². The summed E-state index contributed by atoms with van der Waals surface area (Å²) in [5.74, 6) is 0.753. The molecule has 1 rings (SSSR count). The molecule has 0 fully saturated rings. The first-order chi connectivity index (χ1) is 7.61. The van der Waals surface area contributed by atoms with Crippen molar-refractivity contribution in [2.45, 2.75) is 6.92 Å². The summed E-state index contributed by atoms with van der Waals surface area (Å²) in [5.41, 5.74) is -0.430. The largest absolute Gasteiger partial charge is 0.455 e. The Kier molecular flexibility index (Phi) is 4.54. The fourth-order valence-corrected chi connectivity index (χ4v) is 1.18. The molecule has 84 valence electrons. The Morgan fingerprint density at radius 3 is 3.00 bits per heavy atom. The lowest BCUT2D eigenvalue weighted by atomic mass is 10.4. The van der Waals surface area contributed by atoms with Crippen LogP contribution in [0.4, 0.5) is 0 Å². The van der Waals surface area contributed by atoms with Crippen LogP contribution in [0.3, 0.4) is 0 Å². The van der Waals surface area contributed by atoms with Gasteiger partial charge in [0, 0.05) is 5.03 Å². The topological polar surface area (TPSA) is 55.0 Å². The Morgan fingerprint density at radius 2 is 2.44 bits per heavy atom. The molecule has 0 atom stereocenters. The van der Waals surface area contributed by atoms with Gasteiger partial charge in [0.1, 0.15) is 5.76 Å². The van der Waals surface area contributed by atoms with E-state index in [0.29, 0.717) is 16.5 Å². The second-order valence-electron chi connectivity index (χ2n) is 2.85. The van der Waals surface area contributed by atoms with Gasteiger partial charge in [-0.05, 0) is 19.1 Å².